The zero-order chi connectivity index (χ0) is 13.1. The van der Waals surface area contributed by atoms with E-state index in [0.29, 0.717) is 21.9 Å². The summed E-state index contributed by atoms with van der Waals surface area (Å²) >= 11 is 7.39. The van der Waals surface area contributed by atoms with Crippen molar-refractivity contribution in [1.82, 2.24) is 0 Å². The summed E-state index contributed by atoms with van der Waals surface area (Å²) in [6, 6.07) is 7.83. The molecule has 2 aromatic rings. The van der Waals surface area contributed by atoms with Crippen molar-refractivity contribution in [3.8, 4) is 10.4 Å². The quantitative estimate of drug-likeness (QED) is 0.705. The third-order valence-electron chi connectivity index (χ3n) is 2.55. The second-order valence-electron chi connectivity index (χ2n) is 3.96. The topological polar surface area (TPSA) is 17.1 Å². The highest BCUT2D eigenvalue weighted by molar-refractivity contribution is 7.17. The largest absolute Gasteiger partial charge is 0.293 e. The molecule has 0 radical (unpaired) electrons. The van der Waals surface area contributed by atoms with E-state index in [2.05, 4.69) is 0 Å². The van der Waals surface area contributed by atoms with Crippen LogP contribution in [0.25, 0.3) is 10.4 Å². The number of halogens is 2. The van der Waals surface area contributed by atoms with E-state index in [1.54, 1.807) is 6.07 Å². The lowest BCUT2D eigenvalue weighted by atomic mass is 10.1. The van der Waals surface area contributed by atoms with Gasteiger partial charge >= 0.3 is 0 Å². The Morgan fingerprint density at radius 1 is 1.33 bits per heavy atom. The van der Waals surface area contributed by atoms with E-state index in [1.807, 2.05) is 13.0 Å². The first-order valence-electron chi connectivity index (χ1n) is 5.70. The van der Waals surface area contributed by atoms with Crippen LogP contribution in [0, 0.1) is 5.82 Å². The van der Waals surface area contributed by atoms with Gasteiger partial charge in [-0.3, -0.25) is 4.79 Å². The second-order valence-corrected chi connectivity index (χ2v) is 5.45. The van der Waals surface area contributed by atoms with Crippen molar-refractivity contribution in [2.45, 2.75) is 19.8 Å². The number of carbonyl (C=O) groups excluding carboxylic acids is 1. The number of Topliss-reactive ketones (excluding diaryl/α,β-unsaturated/α-hetero) is 1. The zero-order valence-corrected chi connectivity index (χ0v) is 11.4. The Labute approximate surface area is 114 Å². The predicted octanol–water partition coefficient (Wildman–Crippen LogP) is 5.19. The van der Waals surface area contributed by atoms with Gasteiger partial charge in [0, 0.05) is 21.9 Å². The maximum atomic E-state index is 13.2. The van der Waals surface area contributed by atoms with Crippen molar-refractivity contribution in [3.05, 3.63) is 46.0 Å². The molecule has 2 rings (SSSR count). The van der Waals surface area contributed by atoms with E-state index >= 15 is 0 Å². The van der Waals surface area contributed by atoms with Gasteiger partial charge in [0.25, 0.3) is 0 Å². The Hall–Kier alpha value is -1.19. The normalized spacial score (nSPS) is 10.6. The van der Waals surface area contributed by atoms with Gasteiger partial charge in [-0.2, -0.15) is 0 Å². The molecule has 1 aromatic carbocycles. The van der Waals surface area contributed by atoms with Crippen LogP contribution in [0.3, 0.4) is 0 Å². The Bertz CT molecular complexity index is 577. The molecule has 1 aromatic heterocycles. The maximum absolute atomic E-state index is 13.2. The van der Waals surface area contributed by atoms with Crippen LogP contribution < -0.4 is 0 Å². The van der Waals surface area contributed by atoms with Crippen LogP contribution in [0.5, 0.6) is 0 Å². The van der Waals surface area contributed by atoms with Crippen LogP contribution in [0.15, 0.2) is 30.3 Å². The molecule has 0 fully saturated rings. The smallest absolute Gasteiger partial charge is 0.172 e. The van der Waals surface area contributed by atoms with Crippen LogP contribution >= 0.6 is 22.9 Å². The maximum Gasteiger partial charge on any atom is 0.172 e. The molecule has 0 saturated carbocycles. The molecule has 1 nitrogen and oxygen atoms in total. The molecule has 94 valence electrons. The average Bonchev–Trinajstić information content (AvgIpc) is 2.82. The fourth-order valence-corrected chi connectivity index (χ4v) is 2.95. The Morgan fingerprint density at radius 2 is 2.11 bits per heavy atom. The lowest BCUT2D eigenvalue weighted by Crippen LogP contribution is -1.93. The van der Waals surface area contributed by atoms with E-state index in [-0.39, 0.29) is 11.6 Å². The van der Waals surface area contributed by atoms with Crippen LogP contribution in [0.4, 0.5) is 4.39 Å². The van der Waals surface area contributed by atoms with E-state index in [0.717, 1.165) is 11.3 Å². The third kappa shape index (κ3) is 2.79. The van der Waals surface area contributed by atoms with Crippen LogP contribution in [-0.4, -0.2) is 5.78 Å². The van der Waals surface area contributed by atoms with Crippen molar-refractivity contribution in [1.29, 1.82) is 0 Å². The Balaban J connectivity index is 2.35. The summed E-state index contributed by atoms with van der Waals surface area (Å²) in [7, 11) is 0. The molecule has 0 aliphatic carbocycles. The molecular formula is C14H12ClFOS. The number of hydrogen-bond donors (Lipinski definition) is 0. The van der Waals surface area contributed by atoms with E-state index in [9.17, 15) is 9.18 Å². The highest BCUT2D eigenvalue weighted by Crippen LogP contribution is 2.34. The minimum atomic E-state index is -0.329. The van der Waals surface area contributed by atoms with Gasteiger partial charge in [0.2, 0.25) is 0 Å². The van der Waals surface area contributed by atoms with Crippen molar-refractivity contribution in [3.63, 3.8) is 0 Å². The van der Waals surface area contributed by atoms with Crippen LogP contribution in [-0.2, 0) is 0 Å². The number of thiophene rings is 1. The summed E-state index contributed by atoms with van der Waals surface area (Å²) < 4.78 is 13.2. The average molecular weight is 283 g/mol. The molecule has 4 heteroatoms. The van der Waals surface area contributed by atoms with Gasteiger partial charge in [-0.1, -0.05) is 18.5 Å². The van der Waals surface area contributed by atoms with Gasteiger partial charge in [-0.25, -0.2) is 4.39 Å². The zero-order valence-electron chi connectivity index (χ0n) is 9.87. The molecule has 0 aliphatic heterocycles. The van der Waals surface area contributed by atoms with E-state index in [4.69, 9.17) is 11.6 Å². The molecule has 0 saturated heterocycles. The van der Waals surface area contributed by atoms with Gasteiger partial charge in [0.05, 0.1) is 4.88 Å². The standard InChI is InChI=1S/C14H12ClFOS/c1-2-3-12(17)14-7-6-13(18-14)10-8-9(16)4-5-11(10)15/h4-8H,2-3H2,1H3. The predicted molar refractivity (Wildman–Crippen MR) is 74.0 cm³/mol. The van der Waals surface area contributed by atoms with E-state index in [1.165, 1.54) is 29.5 Å². The summed E-state index contributed by atoms with van der Waals surface area (Å²) in [4.78, 5) is 13.3. The second kappa shape index (κ2) is 5.63. The lowest BCUT2D eigenvalue weighted by Gasteiger charge is -2.01. The summed E-state index contributed by atoms with van der Waals surface area (Å²) in [5, 5.41) is 0.493. The number of carbonyl (C=O) groups is 1. The Kier molecular flexibility index (Phi) is 4.15. The van der Waals surface area contributed by atoms with Gasteiger partial charge < -0.3 is 0 Å². The fourth-order valence-electron chi connectivity index (χ4n) is 1.67. The lowest BCUT2D eigenvalue weighted by molar-refractivity contribution is 0.0985. The summed E-state index contributed by atoms with van der Waals surface area (Å²) in [5.74, 6) is -0.203. The number of ketones is 1. The highest BCUT2D eigenvalue weighted by atomic mass is 35.5. The summed E-state index contributed by atoms with van der Waals surface area (Å²) in [5.41, 5.74) is 0.636. The first-order valence-corrected chi connectivity index (χ1v) is 6.89. The third-order valence-corrected chi connectivity index (χ3v) is 4.04. The van der Waals surface area contributed by atoms with Crippen molar-refractivity contribution in [2.24, 2.45) is 0 Å². The molecule has 0 amide bonds. The molecule has 1 heterocycles. The summed E-state index contributed by atoms with van der Waals surface area (Å²) in [6.07, 6.45) is 1.36. The molecule has 0 spiro atoms. The fraction of sp³-hybridized carbons (Fsp3) is 0.214. The highest BCUT2D eigenvalue weighted by Gasteiger charge is 2.12. The molecule has 0 aliphatic rings. The monoisotopic (exact) mass is 282 g/mol. The van der Waals surface area contributed by atoms with Gasteiger partial charge in [-0.15, -0.1) is 11.3 Å². The number of hydrogen-bond acceptors (Lipinski definition) is 2. The summed E-state index contributed by atoms with van der Waals surface area (Å²) in [6.45, 7) is 1.97. The van der Waals surface area contributed by atoms with Crippen molar-refractivity contribution in [2.75, 3.05) is 0 Å². The van der Waals surface area contributed by atoms with Crippen LogP contribution in [0.1, 0.15) is 29.4 Å². The first-order chi connectivity index (χ1) is 8.61. The molecule has 0 N–H and O–H groups in total. The SMILES string of the molecule is CCCC(=O)c1ccc(-c2cc(F)ccc2Cl)s1. The van der Waals surface area contributed by atoms with Crippen molar-refractivity contribution < 1.29 is 9.18 Å². The van der Waals surface area contributed by atoms with Crippen LogP contribution in [0.2, 0.25) is 5.02 Å². The molecule has 18 heavy (non-hydrogen) atoms. The first kappa shape index (κ1) is 13.2. The molecule has 0 atom stereocenters. The minimum absolute atomic E-state index is 0.126. The number of benzene rings is 1. The van der Waals surface area contributed by atoms with Gasteiger partial charge in [-0.05, 0) is 36.8 Å². The molecular weight excluding hydrogens is 271 g/mol. The molecule has 0 unspecified atom stereocenters. The van der Waals surface area contributed by atoms with E-state index < -0.39 is 0 Å². The molecule has 0 bridgehead atoms. The van der Waals surface area contributed by atoms with Gasteiger partial charge in [0.15, 0.2) is 5.78 Å². The van der Waals surface area contributed by atoms with Crippen molar-refractivity contribution >= 4 is 28.7 Å². The minimum Gasteiger partial charge on any atom is -0.293 e. The Morgan fingerprint density at radius 3 is 2.83 bits per heavy atom. The van der Waals surface area contributed by atoms with Gasteiger partial charge in [0.1, 0.15) is 5.82 Å². The number of rotatable bonds is 4.